The maximum absolute atomic E-state index is 12.5. The molecule has 0 aromatic heterocycles. The standard InChI is InChI=1S/C20H25N3O4/c1-20(2,3)27-19(26)23-16(13-8-5-4-6-9-13)17(24)18(25)22-15-11-7-10-14(21)12-15/h4-12,16-17,24H,21H2,1-3H3,(H,22,25)(H,23,26). The van der Waals surface area contributed by atoms with E-state index in [-0.39, 0.29) is 0 Å². The lowest BCUT2D eigenvalue weighted by atomic mass is 10.0. The van der Waals surface area contributed by atoms with Crippen LogP contribution in [-0.4, -0.2) is 28.8 Å². The van der Waals surface area contributed by atoms with Crippen LogP contribution in [0.3, 0.4) is 0 Å². The summed E-state index contributed by atoms with van der Waals surface area (Å²) in [4.78, 5) is 24.7. The second-order valence-electron chi connectivity index (χ2n) is 7.09. The zero-order valence-electron chi connectivity index (χ0n) is 15.6. The van der Waals surface area contributed by atoms with Gasteiger partial charge in [-0.1, -0.05) is 36.4 Å². The van der Waals surface area contributed by atoms with Crippen molar-refractivity contribution < 1.29 is 19.4 Å². The Hall–Kier alpha value is -3.06. The lowest BCUT2D eigenvalue weighted by Crippen LogP contribution is -2.44. The Morgan fingerprint density at radius 2 is 1.74 bits per heavy atom. The molecule has 0 aliphatic heterocycles. The molecule has 0 saturated carbocycles. The number of hydrogen-bond acceptors (Lipinski definition) is 5. The molecule has 2 aromatic rings. The molecule has 0 heterocycles. The Balaban J connectivity index is 2.18. The molecule has 5 N–H and O–H groups in total. The summed E-state index contributed by atoms with van der Waals surface area (Å²) in [5.74, 6) is -0.675. The van der Waals surface area contributed by atoms with Crippen LogP contribution in [0.2, 0.25) is 0 Å². The minimum atomic E-state index is -1.54. The van der Waals surface area contributed by atoms with E-state index in [9.17, 15) is 14.7 Å². The quantitative estimate of drug-likeness (QED) is 0.604. The van der Waals surface area contributed by atoms with E-state index in [1.165, 1.54) is 0 Å². The number of hydrogen-bond donors (Lipinski definition) is 4. The van der Waals surface area contributed by atoms with Crippen molar-refractivity contribution in [3.8, 4) is 0 Å². The first kappa shape index (κ1) is 20.3. The van der Waals surface area contributed by atoms with Gasteiger partial charge in [-0.3, -0.25) is 4.79 Å². The number of ether oxygens (including phenoxy) is 1. The third-order valence-corrected chi connectivity index (χ3v) is 3.57. The van der Waals surface area contributed by atoms with Gasteiger partial charge in [-0.15, -0.1) is 0 Å². The average molecular weight is 371 g/mol. The van der Waals surface area contributed by atoms with Gasteiger partial charge in [-0.25, -0.2) is 4.79 Å². The van der Waals surface area contributed by atoms with E-state index in [4.69, 9.17) is 10.5 Å². The highest BCUT2D eigenvalue weighted by atomic mass is 16.6. The highest BCUT2D eigenvalue weighted by Crippen LogP contribution is 2.20. The third-order valence-electron chi connectivity index (χ3n) is 3.57. The number of nitrogens with one attached hydrogen (secondary N) is 2. The van der Waals surface area contributed by atoms with Crippen LogP contribution in [0.15, 0.2) is 54.6 Å². The van der Waals surface area contributed by atoms with Gasteiger partial charge >= 0.3 is 6.09 Å². The van der Waals surface area contributed by atoms with Crippen molar-refractivity contribution in [2.75, 3.05) is 11.1 Å². The predicted molar refractivity (Wildman–Crippen MR) is 104 cm³/mol. The topological polar surface area (TPSA) is 114 Å². The van der Waals surface area contributed by atoms with Crippen molar-refractivity contribution >= 4 is 23.4 Å². The average Bonchev–Trinajstić information content (AvgIpc) is 2.58. The number of anilines is 2. The lowest BCUT2D eigenvalue weighted by molar-refractivity contribution is -0.125. The SMILES string of the molecule is CC(C)(C)OC(=O)NC(c1ccccc1)C(O)C(=O)Nc1cccc(N)c1. The van der Waals surface area contributed by atoms with Gasteiger partial charge in [0.2, 0.25) is 0 Å². The maximum atomic E-state index is 12.5. The maximum Gasteiger partial charge on any atom is 0.408 e. The van der Waals surface area contributed by atoms with Gasteiger partial charge in [0.15, 0.2) is 6.10 Å². The fraction of sp³-hybridized carbons (Fsp3) is 0.300. The van der Waals surface area contributed by atoms with Crippen LogP contribution in [0.5, 0.6) is 0 Å². The highest BCUT2D eigenvalue weighted by Gasteiger charge is 2.30. The largest absolute Gasteiger partial charge is 0.444 e. The number of aliphatic hydroxyl groups excluding tert-OH is 1. The fourth-order valence-electron chi connectivity index (χ4n) is 2.42. The Labute approximate surface area is 158 Å². The first-order valence-electron chi connectivity index (χ1n) is 8.54. The molecule has 0 bridgehead atoms. The molecule has 2 amide bonds. The molecule has 2 atom stereocenters. The number of aliphatic hydroxyl groups is 1. The normalized spacial score (nSPS) is 13.3. The second-order valence-corrected chi connectivity index (χ2v) is 7.09. The van der Waals surface area contributed by atoms with Gasteiger partial charge in [0.05, 0.1) is 6.04 Å². The summed E-state index contributed by atoms with van der Waals surface area (Å²) in [6.45, 7) is 5.19. The van der Waals surface area contributed by atoms with E-state index in [1.54, 1.807) is 75.4 Å². The minimum Gasteiger partial charge on any atom is -0.444 e. The summed E-state index contributed by atoms with van der Waals surface area (Å²) >= 11 is 0. The van der Waals surface area contributed by atoms with E-state index in [0.29, 0.717) is 16.9 Å². The molecule has 0 fully saturated rings. The summed E-state index contributed by atoms with van der Waals surface area (Å²) in [6.07, 6.45) is -2.27. The van der Waals surface area contributed by atoms with E-state index in [0.717, 1.165) is 0 Å². The first-order valence-corrected chi connectivity index (χ1v) is 8.54. The molecule has 0 saturated heterocycles. The van der Waals surface area contributed by atoms with Crippen molar-refractivity contribution in [2.24, 2.45) is 0 Å². The number of carbonyl (C=O) groups is 2. The van der Waals surface area contributed by atoms with Gasteiger partial charge < -0.3 is 26.2 Å². The molecule has 0 spiro atoms. The molecule has 2 unspecified atom stereocenters. The van der Waals surface area contributed by atoms with E-state index in [1.807, 2.05) is 0 Å². The number of rotatable bonds is 5. The minimum absolute atomic E-state index is 0.447. The molecule has 27 heavy (non-hydrogen) atoms. The van der Waals surface area contributed by atoms with Crippen molar-refractivity contribution in [3.05, 3.63) is 60.2 Å². The van der Waals surface area contributed by atoms with Crippen LogP contribution >= 0.6 is 0 Å². The number of nitrogen functional groups attached to an aromatic ring is 1. The molecule has 0 aliphatic carbocycles. The summed E-state index contributed by atoms with van der Waals surface area (Å²) in [6, 6.07) is 14.3. The highest BCUT2D eigenvalue weighted by molar-refractivity contribution is 5.95. The van der Waals surface area contributed by atoms with Crippen molar-refractivity contribution in [2.45, 2.75) is 38.5 Å². The fourth-order valence-corrected chi connectivity index (χ4v) is 2.42. The van der Waals surface area contributed by atoms with E-state index < -0.39 is 29.7 Å². The zero-order chi connectivity index (χ0) is 20.0. The number of nitrogens with two attached hydrogens (primary N) is 1. The monoisotopic (exact) mass is 371 g/mol. The molecular weight excluding hydrogens is 346 g/mol. The first-order chi connectivity index (χ1) is 12.7. The lowest BCUT2D eigenvalue weighted by Gasteiger charge is -2.26. The summed E-state index contributed by atoms with van der Waals surface area (Å²) in [5, 5.41) is 15.8. The van der Waals surface area contributed by atoms with Crippen LogP contribution in [0.1, 0.15) is 32.4 Å². The van der Waals surface area contributed by atoms with Gasteiger partial charge in [-0.05, 0) is 44.5 Å². The number of carbonyl (C=O) groups excluding carboxylic acids is 2. The Kier molecular flexibility index (Phi) is 6.41. The van der Waals surface area contributed by atoms with Crippen molar-refractivity contribution in [1.29, 1.82) is 0 Å². The molecule has 0 aliphatic rings. The summed E-state index contributed by atoms with van der Waals surface area (Å²) in [5.41, 5.74) is 6.49. The molecule has 2 aromatic carbocycles. The Morgan fingerprint density at radius 3 is 2.33 bits per heavy atom. The van der Waals surface area contributed by atoms with Gasteiger partial charge in [0, 0.05) is 11.4 Å². The van der Waals surface area contributed by atoms with Gasteiger partial charge in [0.1, 0.15) is 5.60 Å². The van der Waals surface area contributed by atoms with Crippen LogP contribution < -0.4 is 16.4 Å². The van der Waals surface area contributed by atoms with Gasteiger partial charge in [-0.2, -0.15) is 0 Å². The van der Waals surface area contributed by atoms with Crippen molar-refractivity contribution in [3.63, 3.8) is 0 Å². The molecule has 7 nitrogen and oxygen atoms in total. The Bertz CT molecular complexity index is 787. The number of benzene rings is 2. The van der Waals surface area contributed by atoms with Crippen LogP contribution in [0.25, 0.3) is 0 Å². The van der Waals surface area contributed by atoms with Gasteiger partial charge in [0.25, 0.3) is 5.91 Å². The van der Waals surface area contributed by atoms with Crippen LogP contribution in [0.4, 0.5) is 16.2 Å². The van der Waals surface area contributed by atoms with E-state index >= 15 is 0 Å². The molecule has 7 heteroatoms. The van der Waals surface area contributed by atoms with Crippen LogP contribution in [0, 0.1) is 0 Å². The third kappa shape index (κ3) is 6.31. The Morgan fingerprint density at radius 1 is 1.07 bits per heavy atom. The molecular formula is C20H25N3O4. The predicted octanol–water partition coefficient (Wildman–Crippen LogP) is 2.83. The van der Waals surface area contributed by atoms with E-state index in [2.05, 4.69) is 10.6 Å². The smallest absolute Gasteiger partial charge is 0.408 e. The molecule has 2 rings (SSSR count). The number of amides is 2. The number of alkyl carbamates (subject to hydrolysis) is 1. The summed E-state index contributed by atoms with van der Waals surface area (Å²) < 4.78 is 5.24. The summed E-state index contributed by atoms with van der Waals surface area (Å²) in [7, 11) is 0. The van der Waals surface area contributed by atoms with Crippen molar-refractivity contribution in [1.82, 2.24) is 5.32 Å². The molecule has 0 radical (unpaired) electrons. The van der Waals surface area contributed by atoms with Crippen LogP contribution in [-0.2, 0) is 9.53 Å². The molecule has 144 valence electrons. The zero-order valence-corrected chi connectivity index (χ0v) is 15.6. The second kappa shape index (κ2) is 8.55.